The molecule has 7 heteroatoms. The molecule has 0 bridgehead atoms. The minimum Gasteiger partial charge on any atom is -0.479 e. The summed E-state index contributed by atoms with van der Waals surface area (Å²) in [6.07, 6.45) is 3.54. The van der Waals surface area contributed by atoms with Crippen molar-refractivity contribution < 1.29 is 4.74 Å². The Hall–Kier alpha value is -2.96. The van der Waals surface area contributed by atoms with Crippen LogP contribution in [0.3, 0.4) is 0 Å². The lowest BCUT2D eigenvalue weighted by Crippen LogP contribution is -2.02. The van der Waals surface area contributed by atoms with Crippen LogP contribution in [0.15, 0.2) is 42.7 Å². The van der Waals surface area contributed by atoms with Gasteiger partial charge in [0, 0.05) is 19.4 Å². The van der Waals surface area contributed by atoms with E-state index in [9.17, 15) is 0 Å². The second kappa shape index (κ2) is 5.58. The van der Waals surface area contributed by atoms with Gasteiger partial charge in [-0.2, -0.15) is 5.10 Å². The quantitative estimate of drug-likeness (QED) is 0.786. The molecule has 3 aromatic rings. The van der Waals surface area contributed by atoms with Crippen LogP contribution in [0.1, 0.15) is 0 Å². The summed E-state index contributed by atoms with van der Waals surface area (Å²) in [6, 6.07) is 9.30. The zero-order valence-corrected chi connectivity index (χ0v) is 11.7. The van der Waals surface area contributed by atoms with Crippen LogP contribution in [-0.2, 0) is 0 Å². The van der Waals surface area contributed by atoms with Crippen LogP contribution >= 0.6 is 0 Å². The molecule has 0 amide bonds. The van der Waals surface area contributed by atoms with Crippen molar-refractivity contribution in [2.75, 3.05) is 19.5 Å². The van der Waals surface area contributed by atoms with E-state index in [4.69, 9.17) is 4.74 Å². The van der Waals surface area contributed by atoms with Crippen LogP contribution < -0.4 is 10.1 Å². The number of nitrogens with one attached hydrogen (secondary N) is 1. The van der Waals surface area contributed by atoms with Gasteiger partial charge in [-0.1, -0.05) is 0 Å². The smallest absolute Gasteiger partial charge is 0.240 e. The van der Waals surface area contributed by atoms with Crippen LogP contribution in [0.25, 0.3) is 17.1 Å². The summed E-state index contributed by atoms with van der Waals surface area (Å²) in [7, 11) is 3.37. The van der Waals surface area contributed by atoms with Gasteiger partial charge >= 0.3 is 0 Å². The predicted octanol–water partition coefficient (Wildman–Crippen LogP) is 1.77. The first-order chi connectivity index (χ1) is 10.3. The number of nitrogens with zero attached hydrogens (tertiary/aromatic N) is 5. The first-order valence-corrected chi connectivity index (χ1v) is 6.38. The van der Waals surface area contributed by atoms with Crippen LogP contribution in [0.2, 0.25) is 0 Å². The zero-order chi connectivity index (χ0) is 14.7. The highest BCUT2D eigenvalue weighted by Crippen LogP contribution is 2.24. The maximum absolute atomic E-state index is 5.34. The van der Waals surface area contributed by atoms with Crippen molar-refractivity contribution in [2.24, 2.45) is 0 Å². The molecule has 0 spiro atoms. The molecule has 0 fully saturated rings. The van der Waals surface area contributed by atoms with Gasteiger partial charge in [0.15, 0.2) is 0 Å². The van der Waals surface area contributed by atoms with Crippen molar-refractivity contribution in [2.45, 2.75) is 0 Å². The Balaban J connectivity index is 2.00. The van der Waals surface area contributed by atoms with E-state index in [2.05, 4.69) is 25.6 Å². The predicted molar refractivity (Wildman–Crippen MR) is 78.5 cm³/mol. The fourth-order valence-corrected chi connectivity index (χ4v) is 1.91. The van der Waals surface area contributed by atoms with Crippen molar-refractivity contribution >= 4 is 5.82 Å². The van der Waals surface area contributed by atoms with Gasteiger partial charge in [0.05, 0.1) is 12.8 Å². The lowest BCUT2D eigenvalue weighted by Gasteiger charge is -2.09. The third kappa shape index (κ3) is 2.53. The molecule has 0 saturated heterocycles. The Morgan fingerprint density at radius 1 is 1.10 bits per heavy atom. The number of methoxy groups -OCH3 is 1. The number of hydrogen-bond acceptors (Lipinski definition) is 6. The molecular formula is C14H14N6O. The molecule has 21 heavy (non-hydrogen) atoms. The second-order valence-corrected chi connectivity index (χ2v) is 4.23. The summed E-state index contributed by atoms with van der Waals surface area (Å²) in [5.74, 6) is 1.19. The maximum Gasteiger partial charge on any atom is 0.240 e. The number of anilines is 1. The lowest BCUT2D eigenvalue weighted by molar-refractivity contribution is 0.395. The number of ether oxygens (including phenoxy) is 1. The average molecular weight is 282 g/mol. The molecule has 0 radical (unpaired) electrons. The zero-order valence-electron chi connectivity index (χ0n) is 11.7. The van der Waals surface area contributed by atoms with E-state index in [0.717, 1.165) is 5.69 Å². The Labute approximate surface area is 121 Å². The Morgan fingerprint density at radius 2 is 1.95 bits per heavy atom. The van der Waals surface area contributed by atoms with E-state index >= 15 is 0 Å². The van der Waals surface area contributed by atoms with Gasteiger partial charge in [-0.3, -0.25) is 0 Å². The molecule has 0 atom stereocenters. The van der Waals surface area contributed by atoms with Crippen molar-refractivity contribution in [1.29, 1.82) is 0 Å². The van der Waals surface area contributed by atoms with Crippen molar-refractivity contribution in [3.8, 4) is 23.0 Å². The summed E-state index contributed by atoms with van der Waals surface area (Å²) in [4.78, 5) is 4.47. The minimum atomic E-state index is 0.482. The topological polar surface area (TPSA) is 77.8 Å². The molecule has 0 aliphatic rings. The minimum absolute atomic E-state index is 0.482. The van der Waals surface area contributed by atoms with Crippen LogP contribution in [0, 0.1) is 0 Å². The van der Waals surface area contributed by atoms with Crippen LogP contribution in [0.4, 0.5) is 5.82 Å². The molecule has 3 aromatic heterocycles. The number of aromatic nitrogens is 5. The molecular weight excluding hydrogens is 268 g/mol. The highest BCUT2D eigenvalue weighted by Gasteiger charge is 2.11. The number of rotatable bonds is 4. The van der Waals surface area contributed by atoms with Crippen LogP contribution in [0.5, 0.6) is 5.88 Å². The molecule has 0 aliphatic carbocycles. The molecule has 7 nitrogen and oxygen atoms in total. The summed E-state index contributed by atoms with van der Waals surface area (Å²) < 4.78 is 7.04. The molecule has 3 rings (SSSR count). The maximum atomic E-state index is 5.34. The third-order valence-electron chi connectivity index (χ3n) is 2.97. The van der Waals surface area contributed by atoms with Gasteiger partial charge < -0.3 is 10.1 Å². The van der Waals surface area contributed by atoms with E-state index in [0.29, 0.717) is 23.1 Å². The fraction of sp³-hybridized carbons (Fsp3) is 0.143. The highest BCUT2D eigenvalue weighted by molar-refractivity contribution is 5.58. The molecule has 0 aromatic carbocycles. The van der Waals surface area contributed by atoms with E-state index in [1.54, 1.807) is 25.0 Å². The molecule has 3 heterocycles. The molecule has 0 saturated carbocycles. The lowest BCUT2D eigenvalue weighted by atomic mass is 10.2. The first kappa shape index (κ1) is 13.0. The van der Waals surface area contributed by atoms with Gasteiger partial charge in [0.2, 0.25) is 5.88 Å². The third-order valence-corrected chi connectivity index (χ3v) is 2.97. The summed E-state index contributed by atoms with van der Waals surface area (Å²) in [5.41, 5.74) is 2.14. The normalized spacial score (nSPS) is 10.4. The van der Waals surface area contributed by atoms with Gasteiger partial charge in [-0.25, -0.2) is 9.67 Å². The Morgan fingerprint density at radius 3 is 2.57 bits per heavy atom. The molecule has 1 N–H and O–H groups in total. The number of hydrogen-bond donors (Lipinski definition) is 1. The monoisotopic (exact) mass is 282 g/mol. The highest BCUT2D eigenvalue weighted by atomic mass is 16.5. The fourth-order valence-electron chi connectivity index (χ4n) is 1.91. The molecule has 0 unspecified atom stereocenters. The first-order valence-electron chi connectivity index (χ1n) is 6.38. The van der Waals surface area contributed by atoms with E-state index < -0.39 is 0 Å². The second-order valence-electron chi connectivity index (χ2n) is 4.23. The van der Waals surface area contributed by atoms with E-state index in [1.165, 1.54) is 0 Å². The van der Waals surface area contributed by atoms with Crippen molar-refractivity contribution in [1.82, 2.24) is 25.0 Å². The summed E-state index contributed by atoms with van der Waals surface area (Å²) in [6.45, 7) is 0. The van der Waals surface area contributed by atoms with Crippen molar-refractivity contribution in [3.63, 3.8) is 0 Å². The number of pyridine rings is 1. The van der Waals surface area contributed by atoms with Crippen molar-refractivity contribution in [3.05, 3.63) is 42.7 Å². The Bertz CT molecular complexity index is 724. The standard InChI is InChI=1S/C14H14N6O/c1-15-13-7-5-11(18-19-13)10-4-6-12(14(17-10)21-2)20-9-3-8-16-20/h3-9H,1-2H3,(H,15,19). The largest absolute Gasteiger partial charge is 0.479 e. The Kier molecular flexibility index (Phi) is 3.46. The van der Waals surface area contributed by atoms with Gasteiger partial charge in [-0.05, 0) is 30.3 Å². The average Bonchev–Trinajstić information content (AvgIpc) is 3.08. The van der Waals surface area contributed by atoms with Crippen LogP contribution in [-0.4, -0.2) is 39.1 Å². The molecule has 106 valence electrons. The molecule has 0 aliphatic heterocycles. The van der Waals surface area contributed by atoms with Gasteiger partial charge in [-0.15, -0.1) is 10.2 Å². The van der Waals surface area contributed by atoms with E-state index in [1.807, 2.05) is 36.5 Å². The SMILES string of the molecule is CNc1ccc(-c2ccc(-n3cccn3)c(OC)n2)nn1. The summed E-state index contributed by atoms with van der Waals surface area (Å²) >= 11 is 0. The summed E-state index contributed by atoms with van der Waals surface area (Å²) in [5, 5.41) is 15.3. The van der Waals surface area contributed by atoms with E-state index in [-0.39, 0.29) is 0 Å². The van der Waals surface area contributed by atoms with Gasteiger partial charge in [0.1, 0.15) is 17.2 Å². The van der Waals surface area contributed by atoms with Gasteiger partial charge in [0.25, 0.3) is 0 Å².